The molecule has 0 spiro atoms. The fourth-order valence-corrected chi connectivity index (χ4v) is 3.09. The summed E-state index contributed by atoms with van der Waals surface area (Å²) in [7, 11) is 3.56. The van der Waals surface area contributed by atoms with Gasteiger partial charge in [0.2, 0.25) is 0 Å². The Morgan fingerprint density at radius 1 is 1.38 bits per heavy atom. The highest BCUT2D eigenvalue weighted by Crippen LogP contribution is 2.35. The number of hydrogen-bond donors (Lipinski definition) is 1. The summed E-state index contributed by atoms with van der Waals surface area (Å²) in [4.78, 5) is 19.9. The van der Waals surface area contributed by atoms with Crippen molar-refractivity contribution in [2.24, 2.45) is 5.92 Å². The molecule has 2 heterocycles. The third-order valence-corrected chi connectivity index (χ3v) is 4.69. The number of aromatic nitrogens is 1. The van der Waals surface area contributed by atoms with Crippen LogP contribution in [0, 0.1) is 5.92 Å². The second-order valence-corrected chi connectivity index (χ2v) is 6.19. The number of carbonyl (C=O) groups is 1. The number of nitrogens with zero attached hydrogens (tertiary/aromatic N) is 3. The van der Waals surface area contributed by atoms with Gasteiger partial charge in [-0.05, 0) is 12.8 Å². The summed E-state index contributed by atoms with van der Waals surface area (Å²) in [6.45, 7) is 0.190. The van der Waals surface area contributed by atoms with Gasteiger partial charge in [0.25, 0.3) is 5.91 Å². The van der Waals surface area contributed by atoms with Crippen LogP contribution in [0.3, 0.4) is 0 Å². The molecule has 5 nitrogen and oxygen atoms in total. The highest BCUT2D eigenvalue weighted by atomic mass is 32.1. The number of carbonyl (C=O) groups excluding carboxylic acids is 1. The molecular weight excluding hydrogens is 305 g/mol. The lowest BCUT2D eigenvalue weighted by Gasteiger charge is -2.32. The number of likely N-dealkylation sites (tertiary alicyclic amines) is 1. The van der Waals surface area contributed by atoms with Gasteiger partial charge < -0.3 is 15.5 Å². The molecule has 1 aromatic rings. The van der Waals surface area contributed by atoms with Gasteiger partial charge in [0.05, 0.1) is 5.92 Å². The van der Waals surface area contributed by atoms with Crippen LogP contribution in [0.5, 0.6) is 0 Å². The molecule has 0 atom stereocenters. The Morgan fingerprint density at radius 2 is 1.95 bits per heavy atom. The predicted molar refractivity (Wildman–Crippen MR) is 75.5 cm³/mol. The zero-order chi connectivity index (χ0) is 15.8. The summed E-state index contributed by atoms with van der Waals surface area (Å²) in [5.41, 5.74) is 5.73. The molecule has 0 radical (unpaired) electrons. The largest absolute Gasteiger partial charge is 0.391 e. The topological polar surface area (TPSA) is 62.5 Å². The first kappa shape index (κ1) is 15.9. The van der Waals surface area contributed by atoms with E-state index in [0.29, 0.717) is 10.0 Å². The number of alkyl halides is 3. The minimum Gasteiger partial charge on any atom is -0.382 e. The van der Waals surface area contributed by atoms with Gasteiger partial charge in [-0.1, -0.05) is 11.3 Å². The third-order valence-electron chi connectivity index (χ3n) is 3.46. The molecule has 0 saturated carbocycles. The molecule has 1 aliphatic heterocycles. The number of anilines is 2. The van der Waals surface area contributed by atoms with E-state index in [1.807, 2.05) is 0 Å². The molecule has 0 bridgehead atoms. The van der Waals surface area contributed by atoms with Crippen molar-refractivity contribution in [3.8, 4) is 0 Å². The van der Waals surface area contributed by atoms with Gasteiger partial charge in [0, 0.05) is 27.2 Å². The number of rotatable bonds is 2. The standard InChI is InChI=1S/C12H17F3N4OS/c1-18(2)11-17-9(16)8(21-11)10(20)19-5-3-7(4-6-19)12(13,14)15/h7H,3-6,16H2,1-2H3. The molecule has 1 aliphatic rings. The van der Waals surface area contributed by atoms with Crippen molar-refractivity contribution in [3.63, 3.8) is 0 Å². The quantitative estimate of drug-likeness (QED) is 0.907. The van der Waals surface area contributed by atoms with Crippen LogP contribution >= 0.6 is 11.3 Å². The van der Waals surface area contributed by atoms with E-state index in [-0.39, 0.29) is 37.7 Å². The molecule has 0 unspecified atom stereocenters. The fourth-order valence-electron chi connectivity index (χ4n) is 2.22. The summed E-state index contributed by atoms with van der Waals surface area (Å²) < 4.78 is 37.8. The molecular formula is C12H17F3N4OS. The van der Waals surface area contributed by atoms with Crippen LogP contribution in [-0.2, 0) is 0 Å². The van der Waals surface area contributed by atoms with Gasteiger partial charge in [-0.15, -0.1) is 0 Å². The summed E-state index contributed by atoms with van der Waals surface area (Å²) >= 11 is 1.15. The average Bonchev–Trinajstić information content (AvgIpc) is 2.79. The lowest BCUT2D eigenvalue weighted by Crippen LogP contribution is -2.42. The Balaban J connectivity index is 2.05. The van der Waals surface area contributed by atoms with Crippen molar-refractivity contribution in [2.75, 3.05) is 37.8 Å². The fraction of sp³-hybridized carbons (Fsp3) is 0.667. The molecule has 0 aliphatic carbocycles. The number of piperidine rings is 1. The Kier molecular flexibility index (Phi) is 4.31. The zero-order valence-electron chi connectivity index (χ0n) is 11.8. The maximum Gasteiger partial charge on any atom is 0.391 e. The maximum absolute atomic E-state index is 12.6. The second kappa shape index (κ2) is 5.70. The summed E-state index contributed by atoms with van der Waals surface area (Å²) in [6.07, 6.45) is -4.31. The van der Waals surface area contributed by atoms with Crippen molar-refractivity contribution in [2.45, 2.75) is 19.0 Å². The molecule has 2 N–H and O–H groups in total. The highest BCUT2D eigenvalue weighted by molar-refractivity contribution is 7.18. The van der Waals surface area contributed by atoms with Gasteiger partial charge in [-0.3, -0.25) is 4.79 Å². The molecule has 1 aromatic heterocycles. The van der Waals surface area contributed by atoms with Crippen LogP contribution in [-0.4, -0.2) is 49.2 Å². The molecule has 9 heteroatoms. The van der Waals surface area contributed by atoms with Gasteiger partial charge in [0.15, 0.2) is 5.13 Å². The smallest absolute Gasteiger partial charge is 0.382 e. The summed E-state index contributed by atoms with van der Waals surface area (Å²) in [6, 6.07) is 0. The van der Waals surface area contributed by atoms with Gasteiger partial charge in [-0.25, -0.2) is 4.98 Å². The zero-order valence-corrected chi connectivity index (χ0v) is 12.6. The van der Waals surface area contributed by atoms with Crippen molar-refractivity contribution in [1.29, 1.82) is 0 Å². The van der Waals surface area contributed by atoms with E-state index in [2.05, 4.69) is 4.98 Å². The third kappa shape index (κ3) is 3.39. The van der Waals surface area contributed by atoms with Crippen LogP contribution in [0.1, 0.15) is 22.5 Å². The van der Waals surface area contributed by atoms with Crippen molar-refractivity contribution in [1.82, 2.24) is 9.88 Å². The van der Waals surface area contributed by atoms with Crippen molar-refractivity contribution in [3.05, 3.63) is 4.88 Å². The molecule has 0 aromatic carbocycles. The van der Waals surface area contributed by atoms with E-state index in [1.54, 1.807) is 19.0 Å². The number of amides is 1. The highest BCUT2D eigenvalue weighted by Gasteiger charge is 2.42. The maximum atomic E-state index is 12.6. The van der Waals surface area contributed by atoms with E-state index < -0.39 is 12.1 Å². The molecule has 118 valence electrons. The normalized spacial score (nSPS) is 17.1. The van der Waals surface area contributed by atoms with Crippen molar-refractivity contribution >= 4 is 28.2 Å². The van der Waals surface area contributed by atoms with Gasteiger partial charge in [0.1, 0.15) is 10.7 Å². The van der Waals surface area contributed by atoms with E-state index >= 15 is 0 Å². The Morgan fingerprint density at radius 3 is 2.38 bits per heavy atom. The predicted octanol–water partition coefficient (Wildman–Crippen LogP) is 2.21. The molecule has 21 heavy (non-hydrogen) atoms. The van der Waals surface area contributed by atoms with Crippen LogP contribution < -0.4 is 10.6 Å². The Labute approximate surface area is 124 Å². The van der Waals surface area contributed by atoms with E-state index in [0.717, 1.165) is 11.3 Å². The molecule has 2 rings (SSSR count). The SMILES string of the molecule is CN(C)c1nc(N)c(C(=O)N2CCC(C(F)(F)F)CC2)s1. The number of nitrogen functional groups attached to an aromatic ring is 1. The van der Waals surface area contributed by atoms with Crippen LogP contribution in [0.2, 0.25) is 0 Å². The van der Waals surface area contributed by atoms with E-state index in [9.17, 15) is 18.0 Å². The lowest BCUT2D eigenvalue weighted by atomic mass is 9.96. The molecule has 1 saturated heterocycles. The summed E-state index contributed by atoms with van der Waals surface area (Å²) in [5, 5.41) is 0.598. The average molecular weight is 322 g/mol. The van der Waals surface area contributed by atoms with E-state index in [4.69, 9.17) is 5.73 Å². The molecule has 1 fully saturated rings. The van der Waals surface area contributed by atoms with Gasteiger partial charge in [-0.2, -0.15) is 13.2 Å². The number of halogens is 3. The lowest BCUT2D eigenvalue weighted by molar-refractivity contribution is -0.183. The molecule has 1 amide bonds. The minimum absolute atomic E-state index is 0.0610. The van der Waals surface area contributed by atoms with Crippen molar-refractivity contribution < 1.29 is 18.0 Å². The first-order valence-corrected chi connectivity index (χ1v) is 7.31. The van der Waals surface area contributed by atoms with Crippen LogP contribution in [0.15, 0.2) is 0 Å². The van der Waals surface area contributed by atoms with Crippen LogP contribution in [0.4, 0.5) is 24.1 Å². The Bertz CT molecular complexity index is 521. The minimum atomic E-state index is -4.18. The number of nitrogens with two attached hydrogens (primary N) is 1. The number of hydrogen-bond acceptors (Lipinski definition) is 5. The van der Waals surface area contributed by atoms with E-state index in [1.165, 1.54) is 4.90 Å². The first-order chi connectivity index (χ1) is 9.70. The second-order valence-electron chi connectivity index (χ2n) is 5.21. The monoisotopic (exact) mass is 322 g/mol. The number of thiazole rings is 1. The summed E-state index contributed by atoms with van der Waals surface area (Å²) in [5.74, 6) is -1.52. The van der Waals surface area contributed by atoms with Gasteiger partial charge >= 0.3 is 6.18 Å². The first-order valence-electron chi connectivity index (χ1n) is 6.49. The Hall–Kier alpha value is -1.51. The van der Waals surface area contributed by atoms with Crippen LogP contribution in [0.25, 0.3) is 0 Å².